The molecule has 45 heavy (non-hydrogen) atoms. The maximum absolute atomic E-state index is 14.9. The number of fused-ring (bicyclic) bond motifs is 2. The maximum atomic E-state index is 14.9. The number of nitrogens with one attached hydrogen (secondary N) is 1. The molecule has 0 unspecified atom stereocenters. The zero-order valence-corrected chi connectivity index (χ0v) is 25.6. The van der Waals surface area contributed by atoms with Gasteiger partial charge >= 0.3 is 0 Å². The van der Waals surface area contributed by atoms with Crippen LogP contribution in [0.4, 0.5) is 16.0 Å². The molecule has 0 fully saturated rings. The van der Waals surface area contributed by atoms with Gasteiger partial charge in [-0.25, -0.2) is 19.3 Å². The molecule has 1 N–H and O–H groups in total. The largest absolute Gasteiger partial charge is 0.497 e. The predicted octanol–water partition coefficient (Wildman–Crippen LogP) is 5.71. The Kier molecular flexibility index (Phi) is 8.16. The van der Waals surface area contributed by atoms with Gasteiger partial charge in [-0.3, -0.25) is 14.2 Å². The van der Waals surface area contributed by atoms with Crippen molar-refractivity contribution < 1.29 is 13.9 Å². The number of amides is 1. The van der Waals surface area contributed by atoms with Gasteiger partial charge in [-0.05, 0) is 62.2 Å². The molecule has 5 aromatic rings. The number of hydrogen-bond acceptors (Lipinski definition) is 8. The van der Waals surface area contributed by atoms with Crippen molar-refractivity contribution in [2.75, 3.05) is 24.0 Å². The summed E-state index contributed by atoms with van der Waals surface area (Å²) in [5.41, 5.74) is 1.65. The number of para-hydroxylation sites is 1. The van der Waals surface area contributed by atoms with Gasteiger partial charge in [0.2, 0.25) is 0 Å². The number of hydrogen-bond donors (Lipinski definition) is 1. The van der Waals surface area contributed by atoms with E-state index >= 15 is 0 Å². The lowest BCUT2D eigenvalue weighted by Crippen LogP contribution is -2.50. The molecule has 1 amide bonds. The Morgan fingerprint density at radius 1 is 0.978 bits per heavy atom. The molecule has 0 radical (unpaired) electrons. The van der Waals surface area contributed by atoms with Crippen LogP contribution in [0.2, 0.25) is 0 Å². The van der Waals surface area contributed by atoms with Crippen molar-refractivity contribution in [1.29, 1.82) is 0 Å². The summed E-state index contributed by atoms with van der Waals surface area (Å²) in [7, 11) is 1.63. The Labute approximate surface area is 260 Å². The summed E-state index contributed by atoms with van der Waals surface area (Å²) in [6, 6.07) is 20.6. The van der Waals surface area contributed by atoms with Gasteiger partial charge in [-0.1, -0.05) is 43.3 Å². The van der Waals surface area contributed by atoms with E-state index in [0.717, 1.165) is 11.3 Å². The molecular weight excluding hydrogens is 573 g/mol. The molecule has 11 heteroatoms. The molecule has 3 aromatic carbocycles. The molecule has 230 valence electrons. The van der Waals surface area contributed by atoms with Crippen LogP contribution in [0.3, 0.4) is 0 Å². The van der Waals surface area contributed by atoms with Crippen LogP contribution in [-0.2, 0) is 6.54 Å². The fourth-order valence-corrected chi connectivity index (χ4v) is 5.64. The van der Waals surface area contributed by atoms with Gasteiger partial charge in [0.25, 0.3) is 11.5 Å². The Balaban J connectivity index is 1.46. The summed E-state index contributed by atoms with van der Waals surface area (Å²) in [5.74, 6) is 1.14. The van der Waals surface area contributed by atoms with Gasteiger partial charge in [-0.2, -0.15) is 0 Å². The van der Waals surface area contributed by atoms with Crippen LogP contribution in [0.15, 0.2) is 83.9 Å². The zero-order valence-electron chi connectivity index (χ0n) is 25.6. The highest BCUT2D eigenvalue weighted by Crippen LogP contribution is 2.34. The normalized spacial score (nSPS) is 13.7. The summed E-state index contributed by atoms with van der Waals surface area (Å²) in [5, 5.41) is 3.33. The third-order valence-electron chi connectivity index (χ3n) is 8.00. The maximum Gasteiger partial charge on any atom is 0.269 e. The van der Waals surface area contributed by atoms with E-state index in [-0.39, 0.29) is 22.9 Å². The molecule has 0 saturated carbocycles. The molecule has 6 rings (SSSR count). The van der Waals surface area contributed by atoms with Crippen molar-refractivity contribution in [3.8, 4) is 11.4 Å². The van der Waals surface area contributed by atoms with Crippen LogP contribution in [0.1, 0.15) is 55.0 Å². The van der Waals surface area contributed by atoms with Crippen LogP contribution in [0.5, 0.6) is 5.75 Å². The highest BCUT2D eigenvalue weighted by molar-refractivity contribution is 6.05. The first-order chi connectivity index (χ1) is 21.8. The summed E-state index contributed by atoms with van der Waals surface area (Å²) >= 11 is 0. The van der Waals surface area contributed by atoms with E-state index < -0.39 is 17.4 Å². The molecule has 1 aliphatic rings. The monoisotopic (exact) mass is 607 g/mol. The highest BCUT2D eigenvalue weighted by atomic mass is 19.1. The highest BCUT2D eigenvalue weighted by Gasteiger charge is 2.36. The molecular formula is C34H34FN7O3. The molecule has 10 nitrogen and oxygen atoms in total. The topological polar surface area (TPSA) is 105 Å². The van der Waals surface area contributed by atoms with Gasteiger partial charge < -0.3 is 19.9 Å². The van der Waals surface area contributed by atoms with Gasteiger partial charge in [0.05, 0.1) is 31.0 Å². The quantitative estimate of drug-likeness (QED) is 0.227. The Morgan fingerprint density at radius 2 is 1.73 bits per heavy atom. The van der Waals surface area contributed by atoms with Crippen molar-refractivity contribution in [3.05, 3.63) is 112 Å². The van der Waals surface area contributed by atoms with Crippen molar-refractivity contribution in [2.24, 2.45) is 0 Å². The van der Waals surface area contributed by atoms with Crippen molar-refractivity contribution in [3.63, 3.8) is 0 Å². The SMILES string of the molecule is CC[C@H](Nc1ncnc2c1C(=O)N(C(C)C)CN2Cc1ccc(OC)cc1)c1nc2cccc(F)c2c(=O)n1-c1ccccc1. The minimum atomic E-state index is -0.636. The van der Waals surface area contributed by atoms with Crippen LogP contribution in [0, 0.1) is 5.82 Å². The van der Waals surface area contributed by atoms with E-state index in [1.54, 1.807) is 30.2 Å². The number of rotatable bonds is 9. The second-order valence-electron chi connectivity index (χ2n) is 11.2. The van der Waals surface area contributed by atoms with E-state index in [4.69, 9.17) is 9.72 Å². The minimum absolute atomic E-state index is 0.0839. The van der Waals surface area contributed by atoms with Crippen LogP contribution in [-0.4, -0.2) is 50.1 Å². The van der Waals surface area contributed by atoms with E-state index in [1.165, 1.54) is 23.0 Å². The number of methoxy groups -OCH3 is 1. The smallest absolute Gasteiger partial charge is 0.269 e. The first-order valence-electron chi connectivity index (χ1n) is 14.9. The summed E-state index contributed by atoms with van der Waals surface area (Å²) in [6.07, 6.45) is 1.91. The average molecular weight is 608 g/mol. The van der Waals surface area contributed by atoms with Crippen molar-refractivity contribution >= 4 is 28.4 Å². The van der Waals surface area contributed by atoms with Gasteiger partial charge in [0.15, 0.2) is 0 Å². The molecule has 3 heterocycles. The van der Waals surface area contributed by atoms with Crippen molar-refractivity contribution in [1.82, 2.24) is 24.4 Å². The fraction of sp³-hybridized carbons (Fsp3) is 0.265. The number of carbonyl (C=O) groups excluding carboxylic acids is 1. The van der Waals surface area contributed by atoms with E-state index in [1.807, 2.05) is 68.1 Å². The first kappa shape index (κ1) is 29.7. The van der Waals surface area contributed by atoms with Crippen LogP contribution in [0.25, 0.3) is 16.6 Å². The molecule has 0 aliphatic carbocycles. The van der Waals surface area contributed by atoms with Crippen LogP contribution < -0.4 is 20.5 Å². The number of benzene rings is 3. The molecule has 0 spiro atoms. The minimum Gasteiger partial charge on any atom is -0.497 e. The standard InChI is InChI=1S/C34H34FN7O3/c1-5-26(31-39-27-13-9-12-25(35)28(27)34(44)42(31)23-10-7-6-8-11-23)38-30-29-32(37-19-36-30)40(20-41(21(2)3)33(29)43)18-22-14-16-24(45-4)17-15-22/h6-17,19,21,26H,5,18,20H2,1-4H3,(H,36,37,38)/t26-/m0/s1. The molecule has 0 saturated heterocycles. The van der Waals surface area contributed by atoms with Crippen LogP contribution >= 0.6 is 0 Å². The second-order valence-corrected chi connectivity index (χ2v) is 11.2. The fourth-order valence-electron chi connectivity index (χ4n) is 5.64. The number of nitrogens with zero attached hydrogens (tertiary/aromatic N) is 6. The molecule has 1 atom stereocenters. The average Bonchev–Trinajstić information content (AvgIpc) is 3.05. The number of ether oxygens (including phenoxy) is 1. The molecule has 2 aromatic heterocycles. The third-order valence-corrected chi connectivity index (χ3v) is 8.00. The Bertz CT molecular complexity index is 1910. The Morgan fingerprint density at radius 3 is 2.42 bits per heavy atom. The number of carbonyl (C=O) groups is 1. The molecule has 0 bridgehead atoms. The van der Waals surface area contributed by atoms with E-state index in [2.05, 4.69) is 15.3 Å². The lowest BCUT2D eigenvalue weighted by molar-refractivity contribution is 0.0687. The number of aromatic nitrogens is 4. The lowest BCUT2D eigenvalue weighted by Gasteiger charge is -2.39. The Hall–Kier alpha value is -5.32. The van der Waals surface area contributed by atoms with Gasteiger partial charge in [0.1, 0.15) is 46.3 Å². The van der Waals surface area contributed by atoms with E-state index in [0.29, 0.717) is 48.3 Å². The van der Waals surface area contributed by atoms with Gasteiger partial charge in [0, 0.05) is 12.6 Å². The van der Waals surface area contributed by atoms with Gasteiger partial charge in [-0.15, -0.1) is 0 Å². The summed E-state index contributed by atoms with van der Waals surface area (Å²) in [4.78, 5) is 45.5. The van der Waals surface area contributed by atoms with Crippen molar-refractivity contribution in [2.45, 2.75) is 45.8 Å². The van der Waals surface area contributed by atoms with E-state index in [9.17, 15) is 14.0 Å². The number of anilines is 2. The number of halogens is 1. The second kappa shape index (κ2) is 12.4. The first-order valence-corrected chi connectivity index (χ1v) is 14.9. The third kappa shape index (κ3) is 5.57. The summed E-state index contributed by atoms with van der Waals surface area (Å²) in [6.45, 7) is 6.75. The predicted molar refractivity (Wildman–Crippen MR) is 171 cm³/mol. The lowest BCUT2D eigenvalue weighted by atomic mass is 10.1. The summed E-state index contributed by atoms with van der Waals surface area (Å²) < 4.78 is 21.7. The molecule has 1 aliphatic heterocycles. The zero-order chi connectivity index (χ0) is 31.7.